The average molecular weight is 142 g/mol. The van der Waals surface area contributed by atoms with Crippen molar-refractivity contribution in [3.05, 3.63) is 18.2 Å². The van der Waals surface area contributed by atoms with Gasteiger partial charge in [0.2, 0.25) is 0 Å². The summed E-state index contributed by atoms with van der Waals surface area (Å²) in [5.74, 6) is 0.896. The molecule has 2 N–H and O–H groups in total. The van der Waals surface area contributed by atoms with Crippen molar-refractivity contribution in [2.24, 2.45) is 0 Å². The third-order valence-electron chi connectivity index (χ3n) is 1.15. The molecule has 1 aromatic carbocycles. The first-order valence-electron chi connectivity index (χ1n) is 3.58. The molecular weight excluding hydrogens is 132 g/mol. The molecule has 0 heterocycles. The first kappa shape index (κ1) is 4.44. The lowest BCUT2D eigenvalue weighted by atomic mass is 10.3. The zero-order valence-electron chi connectivity index (χ0n) is 7.46. The molecule has 0 saturated heterocycles. The number of hydrogen-bond donors (Lipinski definition) is 2. The quantitative estimate of drug-likeness (QED) is 0.621. The lowest BCUT2D eigenvalue weighted by Crippen LogP contribution is -1.80. The minimum Gasteiger partial charge on any atom is -0.504 e. The van der Waals surface area contributed by atoms with Crippen LogP contribution >= 0.6 is 0 Å². The average Bonchev–Trinajstić information content (AvgIpc) is 2.16. The smallest absolute Gasteiger partial charge is 0.293 e. The predicted molar refractivity (Wildman–Crippen MR) is 36.3 cm³/mol. The van der Waals surface area contributed by atoms with Crippen LogP contribution in [0.5, 0.6) is 17.2 Å². The van der Waals surface area contributed by atoms with Crippen LogP contribution in [0.2, 0.25) is 0 Å². The SMILES string of the molecule is [2H]Oc1ccc(OC)cc1O[2H]. The van der Waals surface area contributed by atoms with Gasteiger partial charge in [-0.1, -0.05) is 0 Å². The maximum absolute atomic E-state index is 6.64. The van der Waals surface area contributed by atoms with E-state index in [0.29, 0.717) is 5.75 Å². The summed E-state index contributed by atoms with van der Waals surface area (Å²) in [6, 6.07) is 4.58. The first-order valence-corrected chi connectivity index (χ1v) is 2.76. The molecule has 3 heteroatoms. The van der Waals surface area contributed by atoms with Crippen LogP contribution in [0.15, 0.2) is 18.2 Å². The van der Waals surface area contributed by atoms with E-state index in [4.69, 9.17) is 7.60 Å². The Morgan fingerprint density at radius 3 is 2.80 bits per heavy atom. The summed E-state index contributed by atoms with van der Waals surface area (Å²) >= 11 is 0. The van der Waals surface area contributed by atoms with Crippen LogP contribution in [0.1, 0.15) is 0 Å². The summed E-state index contributed by atoms with van der Waals surface area (Å²) in [4.78, 5) is 0. The molecule has 0 spiro atoms. The maximum atomic E-state index is 6.64. The van der Waals surface area contributed by atoms with Crippen molar-refractivity contribution in [1.29, 1.82) is 2.86 Å². The van der Waals surface area contributed by atoms with Crippen molar-refractivity contribution >= 4 is 0 Å². The van der Waals surface area contributed by atoms with E-state index in [1.165, 1.54) is 19.2 Å². The summed E-state index contributed by atoms with van der Waals surface area (Å²) in [5.41, 5.74) is 0. The fraction of sp³-hybridized carbons (Fsp3) is 0.143. The summed E-state index contributed by atoms with van der Waals surface area (Å²) in [6.07, 6.45) is 0. The molecule has 0 bridgehead atoms. The minimum absolute atomic E-state index is 0.157. The largest absolute Gasteiger partial charge is 0.504 e. The van der Waals surface area contributed by atoms with Crippen molar-refractivity contribution in [2.45, 2.75) is 0 Å². The van der Waals surface area contributed by atoms with Crippen LogP contribution < -0.4 is 4.74 Å². The molecule has 0 aliphatic carbocycles. The van der Waals surface area contributed by atoms with Gasteiger partial charge >= 0.3 is 0 Å². The second kappa shape index (κ2) is 2.47. The van der Waals surface area contributed by atoms with E-state index in [1.807, 2.05) is 0 Å². The van der Waals surface area contributed by atoms with Gasteiger partial charge in [-0.2, -0.15) is 0 Å². The molecule has 3 nitrogen and oxygen atoms in total. The van der Waals surface area contributed by atoms with Crippen molar-refractivity contribution in [3.8, 4) is 17.2 Å². The number of benzene rings is 1. The van der Waals surface area contributed by atoms with E-state index in [1.54, 1.807) is 6.07 Å². The Balaban J connectivity index is 3.02. The van der Waals surface area contributed by atoms with Crippen LogP contribution in [0, 0.1) is 0 Å². The lowest BCUT2D eigenvalue weighted by molar-refractivity contribution is 0.386. The summed E-state index contributed by atoms with van der Waals surface area (Å²) in [5, 5.41) is 8.39. The van der Waals surface area contributed by atoms with E-state index in [-0.39, 0.29) is 11.5 Å². The third kappa shape index (κ3) is 1.13. The van der Waals surface area contributed by atoms with E-state index in [2.05, 4.69) is 10.2 Å². The van der Waals surface area contributed by atoms with E-state index in [0.717, 1.165) is 0 Å². The van der Waals surface area contributed by atoms with Gasteiger partial charge in [-0.25, -0.2) is 0 Å². The van der Waals surface area contributed by atoms with Crippen LogP contribution in [-0.2, 0) is 0 Å². The number of aromatic hydroxyl groups is 2. The predicted octanol–water partition coefficient (Wildman–Crippen LogP) is 1.11. The highest BCUT2D eigenvalue weighted by atomic mass is 16.5. The monoisotopic (exact) mass is 142 g/mol. The Bertz CT molecular complexity index is 265. The molecular formula is C7H8O3. The van der Waals surface area contributed by atoms with Crippen LogP contribution in [0.3, 0.4) is 0 Å². The zero-order chi connectivity index (χ0) is 8.97. The number of ether oxygens (including phenoxy) is 1. The summed E-state index contributed by atoms with van der Waals surface area (Å²) in [6.45, 7) is 0. The maximum Gasteiger partial charge on any atom is 0.293 e. The van der Waals surface area contributed by atoms with E-state index >= 15 is 0 Å². The molecule has 1 rings (SSSR count). The second-order valence-electron chi connectivity index (χ2n) is 1.81. The van der Waals surface area contributed by atoms with Crippen molar-refractivity contribution in [2.75, 3.05) is 7.11 Å². The van der Waals surface area contributed by atoms with Gasteiger partial charge in [-0.05, 0) is 12.1 Å². The van der Waals surface area contributed by atoms with Gasteiger partial charge in [0.1, 0.15) is 5.75 Å². The molecule has 1 aromatic rings. The van der Waals surface area contributed by atoms with Gasteiger partial charge in [-0.3, -0.25) is 0 Å². The fourth-order valence-corrected chi connectivity index (χ4v) is 0.615. The summed E-state index contributed by atoms with van der Waals surface area (Å²) < 4.78 is 18.1. The van der Waals surface area contributed by atoms with Gasteiger partial charge in [-0.15, -0.1) is 0 Å². The number of phenols is 2. The van der Waals surface area contributed by atoms with Gasteiger partial charge in [0, 0.05) is 6.07 Å². The van der Waals surface area contributed by atoms with Crippen molar-refractivity contribution in [1.82, 2.24) is 0 Å². The highest BCUT2D eigenvalue weighted by Crippen LogP contribution is 2.28. The van der Waals surface area contributed by atoms with Gasteiger partial charge in [0.15, 0.2) is 11.5 Å². The highest BCUT2D eigenvalue weighted by molar-refractivity contribution is 5.43. The molecule has 54 valence electrons. The lowest BCUT2D eigenvalue weighted by Gasteiger charge is -2.00. The molecule has 10 heavy (non-hydrogen) atoms. The number of phenolic OH excluding ortho intramolecular Hbond substituents is 2. The van der Waals surface area contributed by atoms with Gasteiger partial charge in [0.25, 0.3) is 2.86 Å². The Kier molecular flexibility index (Phi) is 1.10. The fourth-order valence-electron chi connectivity index (χ4n) is 0.615. The molecule has 0 atom stereocenters. The topological polar surface area (TPSA) is 49.7 Å². The Hall–Kier alpha value is -1.38. The van der Waals surface area contributed by atoms with Crippen molar-refractivity contribution < 1.29 is 15.0 Å². The Morgan fingerprint density at radius 1 is 1.40 bits per heavy atom. The molecule has 0 amide bonds. The molecule has 0 radical (unpaired) electrons. The highest BCUT2D eigenvalue weighted by Gasteiger charge is 1.98. The van der Waals surface area contributed by atoms with Crippen LogP contribution in [0.4, 0.5) is 0 Å². The third-order valence-corrected chi connectivity index (χ3v) is 1.15. The molecule has 0 aliphatic heterocycles. The van der Waals surface area contributed by atoms with Crippen LogP contribution in [-0.4, -0.2) is 20.2 Å². The molecule has 0 unspecified atom stereocenters. The molecule has 0 saturated carbocycles. The number of rotatable bonds is 3. The number of hydrogen-bond acceptors (Lipinski definition) is 3. The first-order chi connectivity index (χ1) is 5.81. The molecule has 0 aliphatic rings. The standard InChI is InChI=1S/C7H8O3/c1-10-5-2-3-6(8)7(9)4-5/h2-4,8-9H,1H3/i/hD2. The normalized spacial score (nSPS) is 11.3. The van der Waals surface area contributed by atoms with Crippen molar-refractivity contribution in [3.63, 3.8) is 0 Å². The Morgan fingerprint density at radius 2 is 2.20 bits per heavy atom. The summed E-state index contributed by atoms with van der Waals surface area (Å²) in [7, 11) is 1.50. The van der Waals surface area contributed by atoms with Gasteiger partial charge in [0.05, 0.1) is 7.11 Å². The van der Waals surface area contributed by atoms with Crippen LogP contribution in [0.25, 0.3) is 0 Å². The zero-order valence-corrected chi connectivity index (χ0v) is 5.46. The second-order valence-corrected chi connectivity index (χ2v) is 1.81. The molecule has 0 fully saturated rings. The minimum atomic E-state index is 0.157. The van der Waals surface area contributed by atoms with Gasteiger partial charge < -0.3 is 15.0 Å². The van der Waals surface area contributed by atoms with E-state index < -0.39 is 0 Å². The number of methoxy groups -OCH3 is 1. The van der Waals surface area contributed by atoms with E-state index in [9.17, 15) is 0 Å². The Labute approximate surface area is 61.5 Å². The molecule has 0 aromatic heterocycles.